The van der Waals surface area contributed by atoms with Crippen LogP contribution in [0.2, 0.25) is 0 Å². The Hall–Kier alpha value is -0.880. The predicted octanol–water partition coefficient (Wildman–Crippen LogP) is 1.76. The number of hydrogen-bond acceptors (Lipinski definition) is 3. The van der Waals surface area contributed by atoms with Gasteiger partial charge < -0.3 is 0 Å². The third-order valence-corrected chi connectivity index (χ3v) is 6.36. The zero-order valence-electron chi connectivity index (χ0n) is 11.3. The van der Waals surface area contributed by atoms with Crippen LogP contribution in [0.15, 0.2) is 17.3 Å². The van der Waals surface area contributed by atoms with Crippen molar-refractivity contribution >= 4 is 10.0 Å². The van der Waals surface area contributed by atoms with Crippen molar-refractivity contribution in [3.8, 4) is 0 Å². The monoisotopic (exact) mass is 283 g/mol. The van der Waals surface area contributed by atoms with Crippen LogP contribution in [0.25, 0.3) is 0 Å². The Morgan fingerprint density at radius 3 is 2.68 bits per heavy atom. The number of aromatic nitrogens is 2. The molecule has 6 heteroatoms. The minimum atomic E-state index is -3.36. The highest BCUT2D eigenvalue weighted by Gasteiger charge is 2.40. The number of sulfonamides is 1. The van der Waals surface area contributed by atoms with Gasteiger partial charge in [-0.2, -0.15) is 9.40 Å². The van der Waals surface area contributed by atoms with Gasteiger partial charge in [-0.1, -0.05) is 12.8 Å². The van der Waals surface area contributed by atoms with Crippen molar-refractivity contribution in [2.75, 3.05) is 6.54 Å². The zero-order chi connectivity index (χ0) is 13.5. The first kappa shape index (κ1) is 13.1. The molecule has 0 spiro atoms. The molecule has 3 rings (SSSR count). The molecule has 1 aliphatic carbocycles. The van der Waals surface area contributed by atoms with Crippen molar-refractivity contribution in [2.24, 2.45) is 13.0 Å². The molecular weight excluding hydrogens is 262 g/mol. The second kappa shape index (κ2) is 4.90. The fourth-order valence-corrected chi connectivity index (χ4v) is 5.29. The standard InChI is InChI=1S/C13H21N3O2S/c1-15-10-12(9-14-15)19(17,18)16-8-4-6-11-5-2-3-7-13(11)16/h9-11,13H,2-8H2,1H3/t11-,13+/m1/s1. The lowest BCUT2D eigenvalue weighted by atomic mass is 9.79. The normalized spacial score (nSPS) is 29.1. The van der Waals surface area contributed by atoms with Crippen LogP contribution in [-0.2, 0) is 17.1 Å². The fourth-order valence-electron chi connectivity index (χ4n) is 3.54. The van der Waals surface area contributed by atoms with E-state index in [0.717, 1.165) is 19.3 Å². The van der Waals surface area contributed by atoms with Gasteiger partial charge in [0.05, 0.1) is 6.20 Å². The molecule has 2 aliphatic rings. The van der Waals surface area contributed by atoms with Crippen LogP contribution < -0.4 is 0 Å². The van der Waals surface area contributed by atoms with Crippen LogP contribution in [0.4, 0.5) is 0 Å². The molecular formula is C13H21N3O2S. The Labute approximate surface area is 114 Å². The summed E-state index contributed by atoms with van der Waals surface area (Å²) in [4.78, 5) is 0.334. The first-order chi connectivity index (χ1) is 9.09. The maximum absolute atomic E-state index is 12.7. The fraction of sp³-hybridized carbons (Fsp3) is 0.769. The van der Waals surface area contributed by atoms with Crippen LogP contribution in [0, 0.1) is 5.92 Å². The van der Waals surface area contributed by atoms with E-state index in [9.17, 15) is 8.42 Å². The van der Waals surface area contributed by atoms with E-state index in [0.29, 0.717) is 17.4 Å². The second-order valence-electron chi connectivity index (χ2n) is 5.72. The Bertz CT molecular complexity index is 550. The molecule has 1 aromatic heterocycles. The molecule has 1 saturated carbocycles. The molecule has 0 amide bonds. The van der Waals surface area contributed by atoms with Crippen molar-refractivity contribution in [1.29, 1.82) is 0 Å². The summed E-state index contributed by atoms with van der Waals surface area (Å²) in [5.74, 6) is 0.564. The van der Waals surface area contributed by atoms with Gasteiger partial charge in [0.2, 0.25) is 10.0 Å². The molecule has 5 nitrogen and oxygen atoms in total. The van der Waals surface area contributed by atoms with Gasteiger partial charge in [0.15, 0.2) is 0 Å². The highest BCUT2D eigenvalue weighted by molar-refractivity contribution is 7.89. The first-order valence-corrected chi connectivity index (χ1v) is 8.53. The number of rotatable bonds is 2. The summed E-state index contributed by atoms with van der Waals surface area (Å²) in [6.45, 7) is 0.665. The molecule has 0 unspecified atom stereocenters. The van der Waals surface area contributed by atoms with E-state index < -0.39 is 10.0 Å². The van der Waals surface area contributed by atoms with E-state index in [-0.39, 0.29) is 6.04 Å². The van der Waals surface area contributed by atoms with Gasteiger partial charge in [0.1, 0.15) is 4.90 Å². The molecule has 0 aromatic carbocycles. The van der Waals surface area contributed by atoms with Crippen LogP contribution in [-0.4, -0.2) is 35.1 Å². The third-order valence-electron chi connectivity index (χ3n) is 4.48. The minimum Gasteiger partial charge on any atom is -0.274 e. The Morgan fingerprint density at radius 2 is 1.95 bits per heavy atom. The number of fused-ring (bicyclic) bond motifs is 1. The van der Waals surface area contributed by atoms with E-state index in [1.54, 1.807) is 22.2 Å². The lowest BCUT2D eigenvalue weighted by Crippen LogP contribution is -2.49. The Balaban J connectivity index is 1.91. The molecule has 0 N–H and O–H groups in total. The lowest BCUT2D eigenvalue weighted by molar-refractivity contribution is 0.129. The minimum absolute atomic E-state index is 0.215. The molecule has 1 aromatic rings. The zero-order valence-corrected chi connectivity index (χ0v) is 12.1. The summed E-state index contributed by atoms with van der Waals surface area (Å²) < 4.78 is 28.8. The molecule has 1 saturated heterocycles. The predicted molar refractivity (Wildman–Crippen MR) is 72.1 cm³/mol. The van der Waals surface area contributed by atoms with E-state index in [1.807, 2.05) is 0 Å². The summed E-state index contributed by atoms with van der Waals surface area (Å²) in [6, 6.07) is 0.215. The van der Waals surface area contributed by atoms with Crippen LogP contribution in [0.5, 0.6) is 0 Å². The highest BCUT2D eigenvalue weighted by Crippen LogP contribution is 2.37. The van der Waals surface area contributed by atoms with E-state index >= 15 is 0 Å². The Kier molecular flexibility index (Phi) is 3.39. The van der Waals surface area contributed by atoms with Gasteiger partial charge in [0, 0.05) is 25.8 Å². The highest BCUT2D eigenvalue weighted by atomic mass is 32.2. The quantitative estimate of drug-likeness (QED) is 0.831. The first-order valence-electron chi connectivity index (χ1n) is 7.09. The van der Waals surface area contributed by atoms with Gasteiger partial charge >= 0.3 is 0 Å². The molecule has 1 aliphatic heterocycles. The number of aryl methyl sites for hydroxylation is 1. The maximum Gasteiger partial charge on any atom is 0.246 e. The topological polar surface area (TPSA) is 55.2 Å². The number of hydrogen-bond donors (Lipinski definition) is 0. The van der Waals surface area contributed by atoms with Crippen LogP contribution >= 0.6 is 0 Å². The largest absolute Gasteiger partial charge is 0.274 e. The molecule has 0 bridgehead atoms. The van der Waals surface area contributed by atoms with Crippen molar-refractivity contribution < 1.29 is 8.42 Å². The average molecular weight is 283 g/mol. The van der Waals surface area contributed by atoms with Gasteiger partial charge in [-0.05, 0) is 31.6 Å². The molecule has 2 fully saturated rings. The molecule has 19 heavy (non-hydrogen) atoms. The van der Waals surface area contributed by atoms with Crippen molar-refractivity contribution in [3.05, 3.63) is 12.4 Å². The van der Waals surface area contributed by atoms with Crippen molar-refractivity contribution in [3.63, 3.8) is 0 Å². The summed E-state index contributed by atoms with van der Waals surface area (Å²) in [5.41, 5.74) is 0. The molecule has 2 heterocycles. The molecule has 0 radical (unpaired) electrons. The molecule has 2 atom stereocenters. The lowest BCUT2D eigenvalue weighted by Gasteiger charge is -2.42. The van der Waals surface area contributed by atoms with Gasteiger partial charge in [0.25, 0.3) is 0 Å². The maximum atomic E-state index is 12.7. The number of nitrogens with zero attached hydrogens (tertiary/aromatic N) is 3. The van der Waals surface area contributed by atoms with Crippen LogP contribution in [0.3, 0.4) is 0 Å². The Morgan fingerprint density at radius 1 is 1.21 bits per heavy atom. The van der Waals surface area contributed by atoms with E-state index in [4.69, 9.17) is 0 Å². The SMILES string of the molecule is Cn1cc(S(=O)(=O)N2CCC[C@H]3CCCC[C@@H]32)cn1. The van der Waals surface area contributed by atoms with Crippen molar-refractivity contribution in [2.45, 2.75) is 49.5 Å². The third kappa shape index (κ3) is 2.31. The summed E-state index contributed by atoms with van der Waals surface area (Å²) in [6.07, 6.45) is 9.84. The van der Waals surface area contributed by atoms with Gasteiger partial charge in [-0.25, -0.2) is 8.42 Å². The number of piperidine rings is 1. The summed E-state index contributed by atoms with van der Waals surface area (Å²) >= 11 is 0. The summed E-state index contributed by atoms with van der Waals surface area (Å²) in [5, 5.41) is 3.99. The second-order valence-corrected chi connectivity index (χ2v) is 7.61. The van der Waals surface area contributed by atoms with E-state index in [1.165, 1.54) is 25.5 Å². The summed E-state index contributed by atoms with van der Waals surface area (Å²) in [7, 11) is -1.61. The van der Waals surface area contributed by atoms with Gasteiger partial charge in [-0.3, -0.25) is 4.68 Å². The van der Waals surface area contributed by atoms with Crippen LogP contribution in [0.1, 0.15) is 38.5 Å². The average Bonchev–Trinajstić information content (AvgIpc) is 2.85. The van der Waals surface area contributed by atoms with E-state index in [2.05, 4.69) is 5.10 Å². The molecule has 106 valence electrons. The van der Waals surface area contributed by atoms with Crippen molar-refractivity contribution in [1.82, 2.24) is 14.1 Å². The van der Waals surface area contributed by atoms with Gasteiger partial charge in [-0.15, -0.1) is 0 Å². The smallest absolute Gasteiger partial charge is 0.246 e.